The summed E-state index contributed by atoms with van der Waals surface area (Å²) in [5, 5.41) is 8.08. The maximum absolute atomic E-state index is 13.4. The average molecular weight is 450 g/mol. The average Bonchev–Trinajstić information content (AvgIpc) is 3.12. The number of nitrogens with one attached hydrogen (secondary N) is 1. The summed E-state index contributed by atoms with van der Waals surface area (Å²) in [6.07, 6.45) is 0.227. The molecule has 2 aromatic heterocycles. The van der Waals surface area contributed by atoms with Gasteiger partial charge in [0, 0.05) is 36.2 Å². The predicted octanol–water partition coefficient (Wildman–Crippen LogP) is 4.50. The molecular formula is C25H24F2N4O2. The molecule has 0 aliphatic rings. The molecule has 0 bridgehead atoms. The third-order valence-corrected chi connectivity index (χ3v) is 5.83. The van der Waals surface area contributed by atoms with E-state index in [-0.39, 0.29) is 24.1 Å². The molecule has 0 radical (unpaired) electrons. The number of aromatic nitrogens is 3. The summed E-state index contributed by atoms with van der Waals surface area (Å²) in [5.74, 6) is -2.42. The van der Waals surface area contributed by atoms with E-state index in [9.17, 15) is 18.4 Å². The van der Waals surface area contributed by atoms with Crippen molar-refractivity contribution in [3.63, 3.8) is 0 Å². The molecule has 6 nitrogen and oxygen atoms in total. The van der Waals surface area contributed by atoms with Crippen LogP contribution in [0.4, 0.5) is 14.5 Å². The molecule has 0 unspecified atom stereocenters. The smallest absolute Gasteiger partial charge is 0.255 e. The Bertz CT molecular complexity index is 1440. The fourth-order valence-corrected chi connectivity index (χ4v) is 4.07. The molecule has 2 heterocycles. The number of amides is 1. The number of halogens is 2. The van der Waals surface area contributed by atoms with Gasteiger partial charge >= 0.3 is 0 Å². The van der Waals surface area contributed by atoms with Crippen LogP contribution >= 0.6 is 0 Å². The number of fused-ring (bicyclic) bond motifs is 1. The zero-order chi connectivity index (χ0) is 23.9. The Morgan fingerprint density at radius 1 is 1.03 bits per heavy atom. The zero-order valence-corrected chi connectivity index (χ0v) is 18.9. The van der Waals surface area contributed by atoms with Gasteiger partial charge in [0.2, 0.25) is 5.91 Å². The summed E-state index contributed by atoms with van der Waals surface area (Å²) < 4.78 is 29.8. The molecule has 0 spiro atoms. The zero-order valence-electron chi connectivity index (χ0n) is 18.9. The van der Waals surface area contributed by atoms with Gasteiger partial charge in [0.05, 0.1) is 11.4 Å². The summed E-state index contributed by atoms with van der Waals surface area (Å²) in [5.41, 5.74) is 4.72. The van der Waals surface area contributed by atoms with Crippen LogP contribution in [0, 0.1) is 32.4 Å². The van der Waals surface area contributed by atoms with E-state index in [4.69, 9.17) is 0 Å². The van der Waals surface area contributed by atoms with Crippen molar-refractivity contribution >= 4 is 22.6 Å². The second kappa shape index (κ2) is 8.61. The lowest BCUT2D eigenvalue weighted by Gasteiger charge is -2.13. The highest BCUT2D eigenvalue weighted by Gasteiger charge is 2.20. The second-order valence-electron chi connectivity index (χ2n) is 8.18. The topological polar surface area (TPSA) is 68.9 Å². The van der Waals surface area contributed by atoms with Crippen LogP contribution in [0.1, 0.15) is 28.8 Å². The quantitative estimate of drug-likeness (QED) is 0.487. The van der Waals surface area contributed by atoms with Gasteiger partial charge in [-0.15, -0.1) is 0 Å². The Morgan fingerprint density at radius 3 is 2.39 bits per heavy atom. The highest BCUT2D eigenvalue weighted by Crippen LogP contribution is 2.26. The Morgan fingerprint density at radius 2 is 1.73 bits per heavy atom. The van der Waals surface area contributed by atoms with E-state index in [0.29, 0.717) is 11.2 Å². The molecule has 0 saturated heterocycles. The molecule has 0 fully saturated rings. The molecule has 4 aromatic rings. The molecule has 170 valence electrons. The van der Waals surface area contributed by atoms with Crippen molar-refractivity contribution in [3.8, 4) is 5.69 Å². The van der Waals surface area contributed by atoms with Gasteiger partial charge < -0.3 is 5.32 Å². The van der Waals surface area contributed by atoms with E-state index in [1.807, 2.05) is 45.0 Å². The first kappa shape index (κ1) is 22.4. The summed E-state index contributed by atoms with van der Waals surface area (Å²) >= 11 is 0. The number of pyridine rings is 1. The Hall–Kier alpha value is -3.81. The van der Waals surface area contributed by atoms with E-state index in [1.165, 1.54) is 6.07 Å². The number of aryl methyl sites for hydroxylation is 4. The fourth-order valence-electron chi connectivity index (χ4n) is 4.07. The van der Waals surface area contributed by atoms with Crippen LogP contribution in [0.25, 0.3) is 16.7 Å². The van der Waals surface area contributed by atoms with Gasteiger partial charge in [-0.25, -0.2) is 13.5 Å². The molecule has 2 aromatic carbocycles. The summed E-state index contributed by atoms with van der Waals surface area (Å²) in [6, 6.07) is 11.1. The molecular weight excluding hydrogens is 426 g/mol. The first-order valence-electron chi connectivity index (χ1n) is 10.6. The minimum Gasteiger partial charge on any atom is -0.326 e. The minimum absolute atomic E-state index is 0.0196. The monoisotopic (exact) mass is 450 g/mol. The van der Waals surface area contributed by atoms with Crippen molar-refractivity contribution in [3.05, 3.63) is 86.8 Å². The van der Waals surface area contributed by atoms with E-state index in [0.717, 1.165) is 40.0 Å². The first-order chi connectivity index (χ1) is 15.7. The van der Waals surface area contributed by atoms with Gasteiger partial charge in [0.25, 0.3) is 5.56 Å². The van der Waals surface area contributed by atoms with Crippen LogP contribution in [-0.2, 0) is 18.3 Å². The highest BCUT2D eigenvalue weighted by atomic mass is 19.2. The fraction of sp³-hybridized carbons (Fsp3) is 0.240. The SMILES string of the molecule is Cc1ccc(-n2nc(C)c3c(C)c(CCC(=O)Nc4ccc(F)c(F)c4)c(=O)n(C)c32)cc1. The molecule has 0 saturated carbocycles. The number of rotatable bonds is 5. The van der Waals surface area contributed by atoms with Crippen LogP contribution in [0.3, 0.4) is 0 Å². The Balaban J connectivity index is 1.65. The maximum Gasteiger partial charge on any atom is 0.255 e. The van der Waals surface area contributed by atoms with E-state index >= 15 is 0 Å². The maximum atomic E-state index is 13.4. The van der Waals surface area contributed by atoms with Crippen molar-refractivity contribution in [1.29, 1.82) is 0 Å². The highest BCUT2D eigenvalue weighted by molar-refractivity contribution is 5.91. The van der Waals surface area contributed by atoms with Crippen molar-refractivity contribution in [2.75, 3.05) is 5.32 Å². The molecule has 33 heavy (non-hydrogen) atoms. The predicted molar refractivity (Wildman–Crippen MR) is 124 cm³/mol. The van der Waals surface area contributed by atoms with Crippen molar-refractivity contribution < 1.29 is 13.6 Å². The van der Waals surface area contributed by atoms with E-state index in [1.54, 1.807) is 16.3 Å². The second-order valence-corrected chi connectivity index (χ2v) is 8.18. The normalized spacial score (nSPS) is 11.2. The molecule has 0 aliphatic heterocycles. The number of carbonyl (C=O) groups is 1. The van der Waals surface area contributed by atoms with Gasteiger partial charge in [-0.3, -0.25) is 14.2 Å². The van der Waals surface area contributed by atoms with Crippen LogP contribution in [0.2, 0.25) is 0 Å². The standard InChI is InChI=1S/C25H24F2N4O2/c1-14-5-8-18(9-6-14)31-24-23(16(3)29-31)15(2)19(25(33)30(24)4)10-12-22(32)28-17-7-11-20(26)21(27)13-17/h5-9,11,13H,10,12H2,1-4H3,(H,28,32). The van der Waals surface area contributed by atoms with Crippen LogP contribution in [0.5, 0.6) is 0 Å². The van der Waals surface area contributed by atoms with Crippen molar-refractivity contribution in [1.82, 2.24) is 14.3 Å². The molecule has 4 rings (SSSR count). The molecule has 0 aliphatic carbocycles. The number of hydrogen-bond donors (Lipinski definition) is 1. The number of nitrogens with zero attached hydrogens (tertiary/aromatic N) is 3. The third kappa shape index (κ3) is 4.16. The number of anilines is 1. The van der Waals surface area contributed by atoms with Crippen LogP contribution in [-0.4, -0.2) is 20.3 Å². The third-order valence-electron chi connectivity index (χ3n) is 5.83. The van der Waals surface area contributed by atoms with Crippen molar-refractivity contribution in [2.45, 2.75) is 33.6 Å². The minimum atomic E-state index is -1.04. The van der Waals surface area contributed by atoms with Gasteiger partial charge in [-0.1, -0.05) is 17.7 Å². The summed E-state index contributed by atoms with van der Waals surface area (Å²) in [7, 11) is 1.70. The van der Waals surface area contributed by atoms with E-state index < -0.39 is 17.5 Å². The number of hydrogen-bond acceptors (Lipinski definition) is 3. The van der Waals surface area contributed by atoms with Crippen molar-refractivity contribution in [2.24, 2.45) is 7.05 Å². The lowest BCUT2D eigenvalue weighted by molar-refractivity contribution is -0.116. The Labute approximate surface area is 189 Å². The lowest BCUT2D eigenvalue weighted by Crippen LogP contribution is -2.25. The molecule has 1 amide bonds. The summed E-state index contributed by atoms with van der Waals surface area (Å²) in [6.45, 7) is 5.76. The van der Waals surface area contributed by atoms with Gasteiger partial charge in [-0.2, -0.15) is 5.10 Å². The van der Waals surface area contributed by atoms with Gasteiger partial charge in [-0.05, 0) is 57.0 Å². The van der Waals surface area contributed by atoms with Crippen LogP contribution in [0.15, 0.2) is 47.3 Å². The van der Waals surface area contributed by atoms with Gasteiger partial charge in [0.15, 0.2) is 11.6 Å². The largest absolute Gasteiger partial charge is 0.326 e. The molecule has 8 heteroatoms. The van der Waals surface area contributed by atoms with Gasteiger partial charge in [0.1, 0.15) is 5.65 Å². The lowest BCUT2D eigenvalue weighted by atomic mass is 10.0. The molecule has 0 atom stereocenters. The first-order valence-corrected chi connectivity index (χ1v) is 10.6. The number of benzene rings is 2. The summed E-state index contributed by atoms with van der Waals surface area (Å²) in [4.78, 5) is 25.6. The van der Waals surface area contributed by atoms with Crippen LogP contribution < -0.4 is 10.9 Å². The van der Waals surface area contributed by atoms with E-state index in [2.05, 4.69) is 10.4 Å². The molecule has 1 N–H and O–H groups in total. The number of carbonyl (C=O) groups excluding carboxylic acids is 1. The Kier molecular flexibility index (Phi) is 5.84.